The largest absolute Gasteiger partial charge is 0.340 e. The van der Waals surface area contributed by atoms with Crippen molar-refractivity contribution in [2.45, 2.75) is 59.0 Å². The molecule has 0 spiro atoms. The van der Waals surface area contributed by atoms with Gasteiger partial charge in [0.25, 0.3) is 11.8 Å². The maximum atomic E-state index is 13.4. The Morgan fingerprint density at radius 3 is 2.56 bits per heavy atom. The fourth-order valence-electron chi connectivity index (χ4n) is 7.43. The molecule has 0 unspecified atom stereocenters. The van der Waals surface area contributed by atoms with Crippen LogP contribution in [0, 0.1) is 23.2 Å². The zero-order valence-electron chi connectivity index (χ0n) is 24.2. The van der Waals surface area contributed by atoms with E-state index in [4.69, 9.17) is 28.2 Å². The Bertz CT molecular complexity index is 1410. The number of aliphatic imine (C=N–C) groups is 1. The first kappa shape index (κ1) is 28.5. The molecule has 2 N–H and O–H groups in total. The van der Waals surface area contributed by atoms with E-state index in [1.807, 2.05) is 12.1 Å². The molecule has 3 saturated carbocycles. The van der Waals surface area contributed by atoms with Crippen molar-refractivity contribution in [3.05, 3.63) is 63.1 Å². The first-order chi connectivity index (χ1) is 19.5. The molecule has 2 amide bonds. The minimum atomic E-state index is -0.281. The van der Waals surface area contributed by atoms with Gasteiger partial charge in [-0.2, -0.15) is 0 Å². The second-order valence-electron chi connectivity index (χ2n) is 12.9. The van der Waals surface area contributed by atoms with Gasteiger partial charge in [-0.25, -0.2) is 4.99 Å². The Hall–Kier alpha value is -2.61. The summed E-state index contributed by atoms with van der Waals surface area (Å²) in [7, 11) is 0. The predicted octanol–water partition coefficient (Wildman–Crippen LogP) is 5.96. The third-order valence-corrected chi connectivity index (χ3v) is 10.7. The van der Waals surface area contributed by atoms with Gasteiger partial charge >= 0.3 is 0 Å². The highest BCUT2D eigenvalue weighted by atomic mass is 35.5. The van der Waals surface area contributed by atoms with Crippen molar-refractivity contribution in [1.82, 2.24) is 15.1 Å². The number of hydrogen-bond donors (Lipinski definition) is 2. The second kappa shape index (κ2) is 10.9. The molecular formula is C32H39Cl2N5O2. The molecule has 5 atom stereocenters. The summed E-state index contributed by atoms with van der Waals surface area (Å²) >= 11 is 12.3. The number of fused-ring (bicyclic) bond motifs is 3. The lowest BCUT2D eigenvalue weighted by Gasteiger charge is -2.61. The van der Waals surface area contributed by atoms with E-state index in [-0.39, 0.29) is 24.4 Å². The summed E-state index contributed by atoms with van der Waals surface area (Å²) in [6.07, 6.45) is 2.89. The van der Waals surface area contributed by atoms with E-state index in [1.54, 1.807) is 24.3 Å². The molecule has 0 aromatic heterocycles. The summed E-state index contributed by atoms with van der Waals surface area (Å²) in [4.78, 5) is 35.5. The fraction of sp³-hybridized carbons (Fsp3) is 0.531. The minimum Gasteiger partial charge on any atom is -0.340 e. The molecule has 2 aromatic rings. The standard InChI is InChI=1S/C32H39Cl2N5O2/c1-18-17-38(12-10-35-18)31(37-28-14-21-13-26(19(28)2)32(21,3)4)36-23-7-8-24-25(16-23)30(41)39(29(24)40)11-9-20-5-6-22(33)15-27(20)34/h5-8,15-16,18-19,21,26,28,35H,9-14,17H2,1-4H3,(H,36,37)/t18-,19-,21+,26-,28-/m0/s1. The van der Waals surface area contributed by atoms with Crippen LogP contribution in [0.2, 0.25) is 10.0 Å². The molecule has 1 saturated heterocycles. The van der Waals surface area contributed by atoms with E-state index < -0.39 is 0 Å². The number of guanidine groups is 1. The maximum absolute atomic E-state index is 13.4. The van der Waals surface area contributed by atoms with E-state index in [0.717, 1.165) is 49.2 Å². The molecule has 9 heteroatoms. The van der Waals surface area contributed by atoms with Gasteiger partial charge in [0, 0.05) is 48.0 Å². The molecule has 3 aliphatic carbocycles. The fourth-order valence-corrected chi connectivity index (χ4v) is 7.93. The molecule has 4 fully saturated rings. The highest BCUT2D eigenvalue weighted by molar-refractivity contribution is 6.35. The van der Waals surface area contributed by atoms with Crippen molar-refractivity contribution in [2.24, 2.45) is 28.2 Å². The minimum absolute atomic E-state index is 0.250. The lowest BCUT2D eigenvalue weighted by atomic mass is 9.45. The SMILES string of the molecule is C[C@@H]1[C@@H](/N=C(/Nc2ccc3c(c2)C(=O)N(CCc2ccc(Cl)cc2Cl)C3=O)N2CCN[C@@H](C)C2)C[C@H]2C[C@@H]1C2(C)C. The number of imide groups is 1. The molecule has 7 nitrogen and oxygen atoms in total. The van der Waals surface area contributed by atoms with E-state index >= 15 is 0 Å². The van der Waals surface area contributed by atoms with E-state index in [9.17, 15) is 9.59 Å². The van der Waals surface area contributed by atoms with E-state index in [0.29, 0.717) is 50.9 Å². The number of rotatable bonds is 5. The van der Waals surface area contributed by atoms with Gasteiger partial charge in [0.15, 0.2) is 5.96 Å². The molecular weight excluding hydrogens is 557 g/mol. The van der Waals surface area contributed by atoms with Crippen LogP contribution >= 0.6 is 23.2 Å². The number of amides is 2. The quantitative estimate of drug-likeness (QED) is 0.253. The molecule has 2 aromatic carbocycles. The lowest BCUT2D eigenvalue weighted by molar-refractivity contribution is -0.108. The van der Waals surface area contributed by atoms with Crippen LogP contribution in [-0.2, 0) is 6.42 Å². The van der Waals surface area contributed by atoms with Crippen LogP contribution in [0.15, 0.2) is 41.4 Å². The molecule has 2 bridgehead atoms. The highest BCUT2D eigenvalue weighted by Gasteiger charge is 2.56. The van der Waals surface area contributed by atoms with Crippen molar-refractivity contribution < 1.29 is 9.59 Å². The number of halogens is 2. The summed E-state index contributed by atoms with van der Waals surface area (Å²) in [5, 5.41) is 8.18. The topological polar surface area (TPSA) is 77.0 Å². The number of nitrogens with zero attached hydrogens (tertiary/aromatic N) is 3. The third-order valence-electron chi connectivity index (χ3n) is 10.1. The lowest BCUT2D eigenvalue weighted by Crippen LogP contribution is -2.57. The van der Waals surface area contributed by atoms with Crippen LogP contribution in [0.5, 0.6) is 0 Å². The molecule has 0 radical (unpaired) electrons. The monoisotopic (exact) mass is 595 g/mol. The average molecular weight is 597 g/mol. The Balaban J connectivity index is 1.22. The van der Waals surface area contributed by atoms with Crippen LogP contribution in [0.25, 0.3) is 0 Å². The Morgan fingerprint density at radius 1 is 1.07 bits per heavy atom. The Morgan fingerprint density at radius 2 is 1.85 bits per heavy atom. The van der Waals surface area contributed by atoms with Gasteiger partial charge in [-0.1, -0.05) is 50.0 Å². The number of carbonyl (C=O) groups is 2. The predicted molar refractivity (Wildman–Crippen MR) is 165 cm³/mol. The van der Waals surface area contributed by atoms with Crippen molar-refractivity contribution in [3.8, 4) is 0 Å². The zero-order chi connectivity index (χ0) is 29.1. The Kier molecular flexibility index (Phi) is 7.58. The third kappa shape index (κ3) is 5.26. The zero-order valence-corrected chi connectivity index (χ0v) is 25.7. The molecule has 7 rings (SSSR count). The number of anilines is 1. The van der Waals surface area contributed by atoms with Gasteiger partial charge in [0.2, 0.25) is 0 Å². The highest BCUT2D eigenvalue weighted by Crippen LogP contribution is 2.61. The normalized spacial score (nSPS) is 28.9. The van der Waals surface area contributed by atoms with Crippen LogP contribution in [0.4, 0.5) is 5.69 Å². The van der Waals surface area contributed by atoms with Crippen molar-refractivity contribution in [2.75, 3.05) is 31.5 Å². The number of benzene rings is 2. The van der Waals surface area contributed by atoms with Crippen molar-refractivity contribution in [3.63, 3.8) is 0 Å². The smallest absolute Gasteiger partial charge is 0.261 e. The van der Waals surface area contributed by atoms with Crippen LogP contribution in [0.3, 0.4) is 0 Å². The summed E-state index contributed by atoms with van der Waals surface area (Å²) < 4.78 is 0. The second-order valence-corrected chi connectivity index (χ2v) is 13.8. The average Bonchev–Trinajstić information content (AvgIpc) is 3.17. The number of nitrogens with one attached hydrogen (secondary N) is 2. The van der Waals surface area contributed by atoms with Crippen molar-refractivity contribution in [1.29, 1.82) is 0 Å². The van der Waals surface area contributed by atoms with Crippen LogP contribution in [0.1, 0.15) is 66.8 Å². The van der Waals surface area contributed by atoms with Gasteiger partial charge < -0.3 is 15.5 Å². The van der Waals surface area contributed by atoms with Gasteiger partial charge in [0.05, 0.1) is 17.2 Å². The van der Waals surface area contributed by atoms with Crippen molar-refractivity contribution >= 4 is 46.7 Å². The molecule has 2 heterocycles. The summed E-state index contributed by atoms with van der Waals surface area (Å²) in [6.45, 7) is 12.2. The number of hydrogen-bond acceptors (Lipinski definition) is 4. The summed E-state index contributed by atoms with van der Waals surface area (Å²) in [5.41, 5.74) is 2.87. The summed E-state index contributed by atoms with van der Waals surface area (Å²) in [5.74, 6) is 2.25. The molecule has 218 valence electrons. The molecule has 41 heavy (non-hydrogen) atoms. The molecule has 5 aliphatic rings. The van der Waals surface area contributed by atoms with E-state index in [1.165, 1.54) is 11.3 Å². The van der Waals surface area contributed by atoms with Crippen LogP contribution in [-0.4, -0.2) is 65.8 Å². The number of carbonyl (C=O) groups excluding carboxylic acids is 2. The first-order valence-electron chi connectivity index (χ1n) is 14.8. The van der Waals surface area contributed by atoms with Gasteiger partial charge in [-0.05, 0) is 85.3 Å². The first-order valence-corrected chi connectivity index (χ1v) is 15.6. The van der Waals surface area contributed by atoms with Gasteiger partial charge in [0.1, 0.15) is 0 Å². The summed E-state index contributed by atoms with van der Waals surface area (Å²) in [6, 6.07) is 11.3. The van der Waals surface area contributed by atoms with Gasteiger partial charge in [-0.3, -0.25) is 14.5 Å². The number of piperazine rings is 1. The molecule has 2 aliphatic heterocycles. The Labute approximate surface area is 252 Å². The maximum Gasteiger partial charge on any atom is 0.261 e. The van der Waals surface area contributed by atoms with E-state index in [2.05, 4.69) is 43.2 Å². The van der Waals surface area contributed by atoms with Crippen LogP contribution < -0.4 is 10.6 Å². The van der Waals surface area contributed by atoms with Gasteiger partial charge in [-0.15, -0.1) is 0 Å².